The molecule has 1 aliphatic rings. The van der Waals surface area contributed by atoms with E-state index in [0.717, 1.165) is 41.2 Å². The number of imidazole rings is 1. The average Bonchev–Trinajstić information content (AvgIpc) is 3.89. The number of nitrogens with zero attached hydrogens (tertiary/aromatic N) is 8. The molecule has 1 aromatic carbocycles. The zero-order chi connectivity index (χ0) is 33.9. The van der Waals surface area contributed by atoms with Crippen molar-refractivity contribution in [3.63, 3.8) is 0 Å². The van der Waals surface area contributed by atoms with Gasteiger partial charge in [0.1, 0.15) is 11.4 Å². The summed E-state index contributed by atoms with van der Waals surface area (Å²) < 4.78 is 3.79. The minimum atomic E-state index is -0.146. The maximum atomic E-state index is 11.2. The van der Waals surface area contributed by atoms with Gasteiger partial charge in [-0.3, -0.25) is 19.3 Å². The van der Waals surface area contributed by atoms with Crippen molar-refractivity contribution in [2.24, 2.45) is 10.7 Å². The summed E-state index contributed by atoms with van der Waals surface area (Å²) in [6.45, 7) is 13.7. The number of benzene rings is 1. The fraction of sp³-hybridized carbons (Fsp3) is 0.250. The van der Waals surface area contributed by atoms with E-state index in [9.17, 15) is 4.79 Å². The van der Waals surface area contributed by atoms with Crippen LogP contribution in [-0.4, -0.2) is 52.2 Å². The van der Waals surface area contributed by atoms with Crippen LogP contribution >= 0.6 is 0 Å². The fourth-order valence-electron chi connectivity index (χ4n) is 5.18. The van der Waals surface area contributed by atoms with Gasteiger partial charge in [-0.15, -0.1) is 0 Å². The lowest BCUT2D eigenvalue weighted by Gasteiger charge is -2.13. The van der Waals surface area contributed by atoms with Crippen LogP contribution in [0, 0.1) is 6.92 Å². The van der Waals surface area contributed by atoms with E-state index in [-0.39, 0.29) is 5.56 Å². The first kappa shape index (κ1) is 34.2. The maximum absolute atomic E-state index is 11.2. The number of allylic oxidation sites excluding steroid dienone is 2. The molecule has 47 heavy (non-hydrogen) atoms. The van der Waals surface area contributed by atoms with E-state index in [4.69, 9.17) is 15.7 Å². The normalized spacial score (nSPS) is 12.3. The summed E-state index contributed by atoms with van der Waals surface area (Å²) in [4.78, 5) is 35.6. The topological polar surface area (TPSA) is 146 Å². The molecule has 0 bridgehead atoms. The lowest BCUT2D eigenvalue weighted by molar-refractivity contribution is 0.848. The molecule has 5 aromatic heterocycles. The van der Waals surface area contributed by atoms with Crippen molar-refractivity contribution in [3.05, 3.63) is 119 Å². The van der Waals surface area contributed by atoms with Crippen molar-refractivity contribution in [3.8, 4) is 11.5 Å². The Balaban J connectivity index is 0.000000260. The van der Waals surface area contributed by atoms with Gasteiger partial charge in [-0.25, -0.2) is 19.6 Å². The minimum Gasteiger partial charge on any atom is -0.383 e. The largest absolute Gasteiger partial charge is 0.383 e. The highest BCUT2D eigenvalue weighted by Gasteiger charge is 2.21. The number of amidine groups is 1. The molecule has 0 saturated heterocycles. The number of H-pyrrole nitrogens is 1. The Morgan fingerprint density at radius 1 is 1.02 bits per heavy atom. The Hall–Kier alpha value is -5.71. The maximum Gasteiger partial charge on any atom is 0.260 e. The number of nitrogens with one attached hydrogen (secondary N) is 1. The van der Waals surface area contributed by atoms with Gasteiger partial charge in [0.05, 0.1) is 22.8 Å². The van der Waals surface area contributed by atoms with Crippen LogP contribution in [0.2, 0.25) is 0 Å². The van der Waals surface area contributed by atoms with Crippen LogP contribution < -0.4 is 11.3 Å². The molecule has 0 radical (unpaired) electrons. The van der Waals surface area contributed by atoms with E-state index in [2.05, 4.69) is 49.8 Å². The summed E-state index contributed by atoms with van der Waals surface area (Å²) >= 11 is 0. The van der Waals surface area contributed by atoms with Crippen LogP contribution in [0.25, 0.3) is 39.1 Å². The fourth-order valence-corrected chi connectivity index (χ4v) is 5.18. The Kier molecular flexibility index (Phi) is 11.7. The van der Waals surface area contributed by atoms with E-state index >= 15 is 0 Å². The molecule has 0 atom stereocenters. The average molecular weight is 631 g/mol. The number of hydrogen-bond donors (Lipinski definition) is 2. The summed E-state index contributed by atoms with van der Waals surface area (Å²) in [5, 5.41) is 4.85. The van der Waals surface area contributed by atoms with Gasteiger partial charge in [-0.1, -0.05) is 46.4 Å². The molecule has 11 heteroatoms. The first-order valence-corrected chi connectivity index (χ1v) is 15.8. The molecule has 0 unspecified atom stereocenters. The zero-order valence-corrected chi connectivity index (χ0v) is 27.9. The highest BCUT2D eigenvalue weighted by molar-refractivity contribution is 6.21. The zero-order valence-electron chi connectivity index (χ0n) is 27.9. The summed E-state index contributed by atoms with van der Waals surface area (Å²) in [6.07, 6.45) is 13.5. The third-order valence-electron chi connectivity index (χ3n) is 7.27. The molecular formula is C36H42N10O. The lowest BCUT2D eigenvalue weighted by Crippen LogP contribution is -2.17. The molecule has 1 aliphatic carbocycles. The SMILES string of the molecule is C=C/C=C(\C(N)=NC)c1nc2ccc(-n3cccn3)nc2n1-c1ccc2c(c1)CCC2.CC.CC.Cc1cc2nc[nH]c(=O)c2cn1. The number of pyridine rings is 2. The van der Waals surface area contributed by atoms with Crippen molar-refractivity contribution in [2.75, 3.05) is 7.05 Å². The van der Waals surface area contributed by atoms with Crippen LogP contribution in [0.5, 0.6) is 0 Å². The van der Waals surface area contributed by atoms with Crippen molar-refractivity contribution in [1.82, 2.24) is 39.3 Å². The standard InChI is InChI=1S/C24H23N7.C8H7N3O.2C2H6/c1-3-6-19(22(25)26-2)23-28-20-11-12-21(30-14-5-13-27-30)29-24(20)31(23)18-10-9-16-7-4-8-17(16)15-18;1-5-2-7-6(3-9-5)8(12)11-4-10-7;2*1-2/h3,5-6,9-15H,1,4,7-8H2,2H3,(H2,25,26);2-4H,1H3,(H,10,11,12);2*1-2H3/b19-6+;;;. The van der Waals surface area contributed by atoms with Gasteiger partial charge in [0.2, 0.25) is 0 Å². The van der Waals surface area contributed by atoms with Crippen molar-refractivity contribution >= 4 is 33.5 Å². The molecule has 0 aliphatic heterocycles. The third kappa shape index (κ3) is 7.41. The predicted molar refractivity (Wildman–Crippen MR) is 191 cm³/mol. The van der Waals surface area contributed by atoms with Crippen LogP contribution in [0.4, 0.5) is 0 Å². The minimum absolute atomic E-state index is 0.146. The van der Waals surface area contributed by atoms with E-state index in [0.29, 0.717) is 28.1 Å². The highest BCUT2D eigenvalue weighted by atomic mass is 16.1. The van der Waals surface area contributed by atoms with E-state index in [1.807, 2.05) is 69.7 Å². The number of rotatable bonds is 5. The molecule has 11 nitrogen and oxygen atoms in total. The van der Waals surface area contributed by atoms with Crippen molar-refractivity contribution in [2.45, 2.75) is 53.9 Å². The number of aliphatic imine (C=N–C) groups is 1. The number of aryl methyl sites for hydroxylation is 3. The lowest BCUT2D eigenvalue weighted by atomic mass is 10.1. The molecule has 7 rings (SSSR count). The second-order valence-corrected chi connectivity index (χ2v) is 10.0. The van der Waals surface area contributed by atoms with Crippen molar-refractivity contribution in [1.29, 1.82) is 0 Å². The molecular weight excluding hydrogens is 588 g/mol. The van der Waals surface area contributed by atoms with Crippen LogP contribution in [0.1, 0.15) is 56.8 Å². The molecule has 0 saturated carbocycles. The van der Waals surface area contributed by atoms with Gasteiger partial charge >= 0.3 is 0 Å². The van der Waals surface area contributed by atoms with E-state index in [1.165, 1.54) is 30.1 Å². The Bertz CT molecular complexity index is 2080. The van der Waals surface area contributed by atoms with Gasteiger partial charge in [0.15, 0.2) is 17.3 Å². The van der Waals surface area contributed by atoms with Crippen molar-refractivity contribution < 1.29 is 0 Å². The number of nitrogens with two attached hydrogens (primary N) is 1. The van der Waals surface area contributed by atoms with E-state index in [1.54, 1.807) is 30.1 Å². The van der Waals surface area contributed by atoms with E-state index < -0.39 is 0 Å². The number of fused-ring (bicyclic) bond motifs is 3. The molecule has 242 valence electrons. The Morgan fingerprint density at radius 3 is 2.53 bits per heavy atom. The quantitative estimate of drug-likeness (QED) is 0.129. The highest BCUT2D eigenvalue weighted by Crippen LogP contribution is 2.30. The first-order chi connectivity index (χ1) is 23.0. The number of hydrogen-bond acceptors (Lipinski definition) is 7. The summed E-state index contributed by atoms with van der Waals surface area (Å²) in [5.41, 5.74) is 13.6. The predicted octanol–water partition coefficient (Wildman–Crippen LogP) is 6.33. The molecule has 0 spiro atoms. The van der Waals surface area contributed by atoms with Crippen LogP contribution in [-0.2, 0) is 12.8 Å². The van der Waals surface area contributed by atoms with Gasteiger partial charge in [0, 0.05) is 37.0 Å². The molecule has 6 aromatic rings. The van der Waals surface area contributed by atoms with Gasteiger partial charge in [-0.05, 0) is 79.8 Å². The second-order valence-electron chi connectivity index (χ2n) is 10.0. The third-order valence-corrected chi connectivity index (χ3v) is 7.27. The summed E-state index contributed by atoms with van der Waals surface area (Å²) in [6, 6.07) is 14.1. The molecule has 0 amide bonds. The monoisotopic (exact) mass is 630 g/mol. The summed E-state index contributed by atoms with van der Waals surface area (Å²) in [7, 11) is 1.67. The molecule has 5 heterocycles. The van der Waals surface area contributed by atoms with Gasteiger partial charge in [-0.2, -0.15) is 5.10 Å². The Morgan fingerprint density at radius 2 is 1.81 bits per heavy atom. The number of aromatic nitrogens is 8. The molecule has 3 N–H and O–H groups in total. The van der Waals surface area contributed by atoms with Crippen LogP contribution in [0.3, 0.4) is 0 Å². The molecule has 0 fully saturated rings. The second kappa shape index (κ2) is 16.0. The number of aromatic amines is 1. The van der Waals surface area contributed by atoms with Gasteiger partial charge in [0.25, 0.3) is 5.56 Å². The van der Waals surface area contributed by atoms with Crippen LogP contribution in [0.15, 0.2) is 95.9 Å². The summed E-state index contributed by atoms with van der Waals surface area (Å²) in [5.74, 6) is 1.80. The smallest absolute Gasteiger partial charge is 0.260 e. The van der Waals surface area contributed by atoms with Gasteiger partial charge < -0.3 is 10.7 Å². The first-order valence-electron chi connectivity index (χ1n) is 15.8. The Labute approximate surface area is 274 Å².